The summed E-state index contributed by atoms with van der Waals surface area (Å²) < 4.78 is 0. The second-order valence-corrected chi connectivity index (χ2v) is 7.86. The maximum atomic E-state index is 2.39. The predicted molar refractivity (Wildman–Crippen MR) is 55.4 cm³/mol. The molecule has 0 spiro atoms. The molecule has 0 unspecified atom stereocenters. The molecule has 0 radical (unpaired) electrons. The Morgan fingerprint density at radius 1 is 1.08 bits per heavy atom. The van der Waals surface area contributed by atoms with E-state index in [9.17, 15) is 0 Å². The quantitative estimate of drug-likeness (QED) is 0.625. The second kappa shape index (κ2) is 4.99. The van der Waals surface area contributed by atoms with E-state index in [-0.39, 0.29) is 17.0 Å². The molecule has 0 aromatic heterocycles. The first kappa shape index (κ1) is 12.1. The normalized spacial score (nSPS) is 10.6. The van der Waals surface area contributed by atoms with Gasteiger partial charge >= 0.3 is 0 Å². The molecule has 0 atom stereocenters. The van der Waals surface area contributed by atoms with Crippen molar-refractivity contribution in [3.05, 3.63) is 30.3 Å². The molecule has 0 fully saturated rings. The molecule has 0 saturated carbocycles. The molecule has 0 aliphatic heterocycles. The number of rotatable bonds is 2. The molecule has 0 heterocycles. The monoisotopic (exact) mass is 246 g/mol. The van der Waals surface area contributed by atoms with E-state index < -0.39 is 7.26 Å². The highest BCUT2D eigenvalue weighted by Gasteiger charge is 2.24. The van der Waals surface area contributed by atoms with E-state index in [0.29, 0.717) is 0 Å². The summed E-state index contributed by atoms with van der Waals surface area (Å²) in [7, 11) is -0.776. The van der Waals surface area contributed by atoms with Gasteiger partial charge in [-0.25, -0.2) is 0 Å². The third kappa shape index (κ3) is 2.88. The fourth-order valence-electron chi connectivity index (χ4n) is 1.01. The second-order valence-electron chi connectivity index (χ2n) is 3.34. The van der Waals surface area contributed by atoms with Crippen molar-refractivity contribution in [2.45, 2.75) is 6.92 Å². The number of halogens is 1. The molecule has 0 N–H and O–H groups in total. The van der Waals surface area contributed by atoms with E-state index in [1.165, 1.54) is 6.16 Å². The average molecular weight is 247 g/mol. The molecule has 68 valence electrons. The minimum Gasteiger partial charge on any atom is -1.00 e. The lowest BCUT2D eigenvalue weighted by Gasteiger charge is -2.14. The van der Waals surface area contributed by atoms with Crippen LogP contribution in [0, 0.1) is 0 Å². The minimum atomic E-state index is -0.776. The Labute approximate surface area is 86.5 Å². The summed E-state index contributed by atoms with van der Waals surface area (Å²) >= 11 is 0. The molecule has 0 saturated heterocycles. The molecule has 2 heteroatoms. The summed E-state index contributed by atoms with van der Waals surface area (Å²) in [5.74, 6) is 0. The molecule has 0 aliphatic rings. The van der Waals surface area contributed by atoms with Crippen LogP contribution in [0.15, 0.2) is 30.3 Å². The highest BCUT2D eigenvalue weighted by Crippen LogP contribution is 2.48. The van der Waals surface area contributed by atoms with Crippen LogP contribution >= 0.6 is 7.26 Å². The van der Waals surface area contributed by atoms with E-state index in [4.69, 9.17) is 0 Å². The van der Waals surface area contributed by atoms with E-state index in [1.54, 1.807) is 5.30 Å². The van der Waals surface area contributed by atoms with E-state index in [0.717, 1.165) is 0 Å². The standard InChI is InChI=1S/C10H16P.BrH/c1-4-11(2,3)10-8-6-5-7-9-10;/h5-9H,4H2,1-3H3;1H/q+1;/p-1. The van der Waals surface area contributed by atoms with Gasteiger partial charge in [0.05, 0.1) is 24.8 Å². The third-order valence-electron chi connectivity index (χ3n) is 2.25. The van der Waals surface area contributed by atoms with Gasteiger partial charge in [-0.3, -0.25) is 0 Å². The van der Waals surface area contributed by atoms with Gasteiger partial charge in [0, 0.05) is 7.26 Å². The average Bonchev–Trinajstić information content (AvgIpc) is 2.06. The van der Waals surface area contributed by atoms with Crippen molar-refractivity contribution in [2.75, 3.05) is 19.5 Å². The molecule has 0 aliphatic carbocycles. The zero-order chi connectivity index (χ0) is 8.32. The van der Waals surface area contributed by atoms with Crippen LogP contribution in [-0.4, -0.2) is 19.5 Å². The SMILES string of the molecule is CC[P+](C)(C)c1ccccc1.[Br-]. The Balaban J connectivity index is 0.00000121. The van der Waals surface area contributed by atoms with E-state index in [1.807, 2.05) is 0 Å². The summed E-state index contributed by atoms with van der Waals surface area (Å²) in [4.78, 5) is 0. The number of hydrogen-bond acceptors (Lipinski definition) is 0. The van der Waals surface area contributed by atoms with Gasteiger partial charge in [-0.2, -0.15) is 0 Å². The van der Waals surface area contributed by atoms with Gasteiger partial charge < -0.3 is 17.0 Å². The van der Waals surface area contributed by atoms with Crippen LogP contribution in [0.2, 0.25) is 0 Å². The highest BCUT2D eigenvalue weighted by atomic mass is 79.9. The van der Waals surface area contributed by atoms with Gasteiger partial charge in [-0.1, -0.05) is 18.2 Å². The van der Waals surface area contributed by atoms with Crippen LogP contribution in [0.5, 0.6) is 0 Å². The molecule has 0 amide bonds. The van der Waals surface area contributed by atoms with Crippen LogP contribution in [0.3, 0.4) is 0 Å². The third-order valence-corrected chi connectivity index (χ3v) is 5.52. The van der Waals surface area contributed by atoms with Crippen molar-refractivity contribution in [3.63, 3.8) is 0 Å². The van der Waals surface area contributed by atoms with E-state index >= 15 is 0 Å². The Morgan fingerprint density at radius 3 is 2.00 bits per heavy atom. The fraction of sp³-hybridized carbons (Fsp3) is 0.400. The molecule has 0 nitrogen and oxygen atoms in total. The van der Waals surface area contributed by atoms with Gasteiger partial charge in [-0.05, 0) is 19.1 Å². The largest absolute Gasteiger partial charge is 1.00 e. The van der Waals surface area contributed by atoms with Gasteiger partial charge in [0.15, 0.2) is 0 Å². The summed E-state index contributed by atoms with van der Waals surface area (Å²) in [6.07, 6.45) is 1.30. The topological polar surface area (TPSA) is 0 Å². The van der Waals surface area contributed by atoms with Crippen LogP contribution in [-0.2, 0) is 0 Å². The minimum absolute atomic E-state index is 0. The van der Waals surface area contributed by atoms with Gasteiger partial charge in [0.25, 0.3) is 0 Å². The Bertz CT molecular complexity index is 219. The van der Waals surface area contributed by atoms with Crippen molar-refractivity contribution in [1.82, 2.24) is 0 Å². The van der Waals surface area contributed by atoms with Crippen molar-refractivity contribution in [2.24, 2.45) is 0 Å². The Hall–Kier alpha value is 0.130. The van der Waals surface area contributed by atoms with Crippen molar-refractivity contribution in [3.8, 4) is 0 Å². The zero-order valence-electron chi connectivity index (χ0n) is 7.92. The maximum Gasteiger partial charge on any atom is 0.0933 e. The maximum absolute atomic E-state index is 2.39. The predicted octanol–water partition coefficient (Wildman–Crippen LogP) is -0.387. The van der Waals surface area contributed by atoms with Crippen molar-refractivity contribution in [1.29, 1.82) is 0 Å². The zero-order valence-corrected chi connectivity index (χ0v) is 10.4. The molecule has 12 heavy (non-hydrogen) atoms. The Morgan fingerprint density at radius 2 is 1.58 bits per heavy atom. The molecule has 0 bridgehead atoms. The lowest BCUT2D eigenvalue weighted by Crippen LogP contribution is -3.00. The summed E-state index contributed by atoms with van der Waals surface area (Å²) in [5, 5.41) is 1.54. The molecule has 1 aromatic rings. The van der Waals surface area contributed by atoms with Crippen LogP contribution in [0.4, 0.5) is 0 Å². The molecule has 1 rings (SSSR count). The van der Waals surface area contributed by atoms with Crippen LogP contribution in [0.25, 0.3) is 0 Å². The first-order valence-corrected chi connectivity index (χ1v) is 6.92. The first-order valence-electron chi connectivity index (χ1n) is 4.05. The lowest BCUT2D eigenvalue weighted by molar-refractivity contribution is -0.00000246. The fourth-order valence-corrected chi connectivity index (χ4v) is 2.36. The Kier molecular flexibility index (Phi) is 5.04. The van der Waals surface area contributed by atoms with Crippen molar-refractivity contribution < 1.29 is 17.0 Å². The number of benzene rings is 1. The van der Waals surface area contributed by atoms with Crippen LogP contribution in [0.1, 0.15) is 6.92 Å². The van der Waals surface area contributed by atoms with Gasteiger partial charge in [-0.15, -0.1) is 0 Å². The lowest BCUT2D eigenvalue weighted by atomic mass is 10.4. The number of hydrogen-bond donors (Lipinski definition) is 0. The van der Waals surface area contributed by atoms with Crippen LogP contribution < -0.4 is 22.3 Å². The molecule has 1 aromatic carbocycles. The smallest absolute Gasteiger partial charge is 0.0933 e. The first-order chi connectivity index (χ1) is 5.17. The summed E-state index contributed by atoms with van der Waals surface area (Å²) in [5.41, 5.74) is 0. The summed E-state index contributed by atoms with van der Waals surface area (Å²) in [6.45, 7) is 7.06. The molecular weight excluding hydrogens is 231 g/mol. The van der Waals surface area contributed by atoms with Crippen molar-refractivity contribution >= 4 is 12.6 Å². The highest BCUT2D eigenvalue weighted by molar-refractivity contribution is 7.81. The van der Waals surface area contributed by atoms with E-state index in [2.05, 4.69) is 50.6 Å². The molecular formula is C10H16BrP. The van der Waals surface area contributed by atoms with Gasteiger partial charge in [0.2, 0.25) is 0 Å². The summed E-state index contributed by atoms with van der Waals surface area (Å²) in [6, 6.07) is 10.8. The van der Waals surface area contributed by atoms with Gasteiger partial charge in [0.1, 0.15) is 0 Å².